The van der Waals surface area contributed by atoms with Gasteiger partial charge in [0.15, 0.2) is 5.82 Å². The Hall–Kier alpha value is -2.48. The van der Waals surface area contributed by atoms with Crippen LogP contribution in [-0.2, 0) is 0 Å². The second-order valence-electron chi connectivity index (χ2n) is 4.86. The van der Waals surface area contributed by atoms with E-state index in [0.29, 0.717) is 0 Å². The third-order valence-corrected chi connectivity index (χ3v) is 3.61. The predicted molar refractivity (Wildman–Crippen MR) is 77.1 cm³/mol. The Bertz CT molecular complexity index is 665. The maximum Gasteiger partial charge on any atom is 0.272 e. The van der Waals surface area contributed by atoms with Crippen LogP contribution in [0.5, 0.6) is 0 Å². The highest BCUT2D eigenvalue weighted by molar-refractivity contribution is 5.96. The van der Waals surface area contributed by atoms with E-state index in [-0.39, 0.29) is 12.0 Å². The number of rotatable bonds is 3. The summed E-state index contributed by atoms with van der Waals surface area (Å²) in [5.41, 5.74) is 3.03. The van der Waals surface area contributed by atoms with Crippen LogP contribution in [0, 0.1) is 6.57 Å². The van der Waals surface area contributed by atoms with Crippen LogP contribution < -0.4 is 0 Å². The number of aromatic nitrogens is 3. The molecule has 2 aromatic rings. The first-order chi connectivity index (χ1) is 9.85. The largest absolute Gasteiger partial charge is 0.306 e. The van der Waals surface area contributed by atoms with Gasteiger partial charge in [0.25, 0.3) is 6.04 Å². The molecular weight excluding hydrogens is 250 g/mol. The standard InChI is InChI=1S/C15H15N5/c1-3-4-12-14(16-2)13(10-5-7-17-8-6-10)11-9-18-20-15(11)19-12/h5-9,13-14H,3-4H2,1H3,(H,18,20). The van der Waals surface area contributed by atoms with Crippen molar-refractivity contribution in [1.29, 1.82) is 0 Å². The summed E-state index contributed by atoms with van der Waals surface area (Å²) < 4.78 is 0. The molecule has 0 bridgehead atoms. The summed E-state index contributed by atoms with van der Waals surface area (Å²) >= 11 is 0. The van der Waals surface area contributed by atoms with Gasteiger partial charge < -0.3 is 4.85 Å². The van der Waals surface area contributed by atoms with Gasteiger partial charge in [-0.1, -0.05) is 13.3 Å². The molecule has 0 aliphatic carbocycles. The molecule has 100 valence electrons. The summed E-state index contributed by atoms with van der Waals surface area (Å²) in [4.78, 5) is 12.5. The van der Waals surface area contributed by atoms with Crippen LogP contribution in [0.4, 0.5) is 5.82 Å². The molecule has 0 fully saturated rings. The Kier molecular flexibility index (Phi) is 3.30. The van der Waals surface area contributed by atoms with Gasteiger partial charge in [-0.05, 0) is 24.1 Å². The number of pyridine rings is 1. The fourth-order valence-corrected chi connectivity index (χ4v) is 2.72. The normalized spacial score (nSPS) is 20.9. The quantitative estimate of drug-likeness (QED) is 0.867. The predicted octanol–water partition coefficient (Wildman–Crippen LogP) is 3.11. The molecule has 1 N–H and O–H groups in total. The number of aliphatic imine (C=N–C) groups is 1. The van der Waals surface area contributed by atoms with Crippen LogP contribution >= 0.6 is 0 Å². The Balaban J connectivity index is 2.13. The highest BCUT2D eigenvalue weighted by atomic mass is 15.2. The van der Waals surface area contributed by atoms with E-state index in [2.05, 4.69) is 31.9 Å². The lowest BCUT2D eigenvalue weighted by molar-refractivity contribution is 0.768. The first kappa shape index (κ1) is 12.5. The molecule has 5 nitrogen and oxygen atoms in total. The van der Waals surface area contributed by atoms with Gasteiger partial charge in [-0.25, -0.2) is 11.6 Å². The molecule has 2 atom stereocenters. The maximum atomic E-state index is 7.58. The van der Waals surface area contributed by atoms with E-state index in [1.807, 2.05) is 12.1 Å². The van der Waals surface area contributed by atoms with Crippen molar-refractivity contribution in [2.24, 2.45) is 4.99 Å². The van der Waals surface area contributed by atoms with Gasteiger partial charge in [-0.2, -0.15) is 5.10 Å². The third kappa shape index (κ3) is 1.99. The third-order valence-electron chi connectivity index (χ3n) is 3.61. The lowest BCUT2D eigenvalue weighted by atomic mass is 9.82. The smallest absolute Gasteiger partial charge is 0.272 e. The van der Waals surface area contributed by atoms with Crippen LogP contribution in [-0.4, -0.2) is 26.9 Å². The minimum Gasteiger partial charge on any atom is -0.306 e. The summed E-state index contributed by atoms with van der Waals surface area (Å²) in [6, 6.07) is 3.69. The molecular formula is C15H15N5. The number of H-pyrrole nitrogens is 1. The molecule has 2 unspecified atom stereocenters. The summed E-state index contributed by atoms with van der Waals surface area (Å²) in [7, 11) is 0. The topological polar surface area (TPSA) is 58.3 Å². The Labute approximate surface area is 117 Å². The minimum atomic E-state index is -0.248. The van der Waals surface area contributed by atoms with E-state index in [1.165, 1.54) is 0 Å². The molecule has 3 rings (SSSR count). The minimum absolute atomic E-state index is 0.0108. The molecule has 1 aliphatic rings. The second kappa shape index (κ2) is 5.25. The van der Waals surface area contributed by atoms with Crippen molar-refractivity contribution < 1.29 is 0 Å². The fraction of sp³-hybridized carbons (Fsp3) is 0.333. The average molecular weight is 265 g/mol. The van der Waals surface area contributed by atoms with Crippen LogP contribution in [0.2, 0.25) is 0 Å². The summed E-state index contributed by atoms with van der Waals surface area (Å²) in [5, 5.41) is 7.03. The molecule has 0 saturated carbocycles. The zero-order valence-corrected chi connectivity index (χ0v) is 11.2. The van der Waals surface area contributed by atoms with Crippen molar-refractivity contribution in [1.82, 2.24) is 15.2 Å². The SMILES string of the molecule is [C-]#[N+]C1C(CCC)=Nc2[nH]ncc2C1c1ccncc1. The van der Waals surface area contributed by atoms with Gasteiger partial charge in [0.05, 0.1) is 12.1 Å². The highest BCUT2D eigenvalue weighted by Gasteiger charge is 2.39. The molecule has 3 heterocycles. The zero-order chi connectivity index (χ0) is 13.9. The molecule has 0 saturated heterocycles. The van der Waals surface area contributed by atoms with E-state index in [1.54, 1.807) is 18.6 Å². The van der Waals surface area contributed by atoms with E-state index < -0.39 is 0 Å². The van der Waals surface area contributed by atoms with Gasteiger partial charge in [-0.15, -0.1) is 0 Å². The number of fused-ring (bicyclic) bond motifs is 1. The summed E-state index contributed by atoms with van der Waals surface area (Å²) in [6.45, 7) is 9.68. The van der Waals surface area contributed by atoms with Gasteiger partial charge in [0.2, 0.25) is 0 Å². The number of aromatic amines is 1. The van der Waals surface area contributed by atoms with Gasteiger partial charge in [0.1, 0.15) is 5.71 Å². The Morgan fingerprint density at radius 3 is 2.85 bits per heavy atom. The van der Waals surface area contributed by atoms with Crippen molar-refractivity contribution in [2.75, 3.05) is 0 Å². The molecule has 1 aliphatic heterocycles. The maximum absolute atomic E-state index is 7.58. The molecule has 0 amide bonds. The molecule has 0 spiro atoms. The zero-order valence-electron chi connectivity index (χ0n) is 11.2. The average Bonchev–Trinajstić information content (AvgIpc) is 2.95. The number of nitrogens with zero attached hydrogens (tertiary/aromatic N) is 4. The summed E-state index contributed by atoms with van der Waals surface area (Å²) in [5.74, 6) is 0.776. The number of hydrogen-bond donors (Lipinski definition) is 1. The van der Waals surface area contributed by atoms with Gasteiger partial charge >= 0.3 is 0 Å². The van der Waals surface area contributed by atoms with Crippen molar-refractivity contribution in [3.05, 3.63) is 53.3 Å². The summed E-state index contributed by atoms with van der Waals surface area (Å²) in [6.07, 6.45) is 7.14. The lowest BCUT2D eigenvalue weighted by Crippen LogP contribution is -2.28. The molecule has 0 aromatic carbocycles. The van der Waals surface area contributed by atoms with Crippen LogP contribution in [0.25, 0.3) is 4.85 Å². The van der Waals surface area contributed by atoms with E-state index in [4.69, 9.17) is 6.57 Å². The van der Waals surface area contributed by atoms with E-state index in [9.17, 15) is 0 Å². The first-order valence-electron chi connectivity index (χ1n) is 6.72. The molecule has 0 radical (unpaired) electrons. The van der Waals surface area contributed by atoms with E-state index in [0.717, 1.165) is 35.5 Å². The van der Waals surface area contributed by atoms with Crippen molar-refractivity contribution in [2.45, 2.75) is 31.7 Å². The molecule has 20 heavy (non-hydrogen) atoms. The Morgan fingerprint density at radius 1 is 1.35 bits per heavy atom. The number of nitrogens with one attached hydrogen (secondary N) is 1. The highest BCUT2D eigenvalue weighted by Crippen LogP contribution is 2.39. The first-order valence-corrected chi connectivity index (χ1v) is 6.72. The fourth-order valence-electron chi connectivity index (χ4n) is 2.72. The van der Waals surface area contributed by atoms with Crippen molar-refractivity contribution in [3.63, 3.8) is 0 Å². The van der Waals surface area contributed by atoms with E-state index >= 15 is 0 Å². The van der Waals surface area contributed by atoms with Crippen LogP contribution in [0.1, 0.15) is 36.8 Å². The molecule has 2 aromatic heterocycles. The number of hydrogen-bond acceptors (Lipinski definition) is 3. The van der Waals surface area contributed by atoms with Crippen LogP contribution in [0.15, 0.2) is 35.7 Å². The van der Waals surface area contributed by atoms with Crippen molar-refractivity contribution in [3.8, 4) is 0 Å². The van der Waals surface area contributed by atoms with Gasteiger partial charge in [-0.3, -0.25) is 10.1 Å². The van der Waals surface area contributed by atoms with Crippen molar-refractivity contribution >= 4 is 11.5 Å². The second-order valence-corrected chi connectivity index (χ2v) is 4.86. The van der Waals surface area contributed by atoms with Gasteiger partial charge in [0, 0.05) is 18.0 Å². The van der Waals surface area contributed by atoms with Crippen LogP contribution in [0.3, 0.4) is 0 Å². The lowest BCUT2D eigenvalue weighted by Gasteiger charge is -2.23. The monoisotopic (exact) mass is 265 g/mol. The molecule has 5 heteroatoms. The Morgan fingerprint density at radius 2 is 2.15 bits per heavy atom.